The Hall–Kier alpha value is -3.02. The average molecular weight is 380 g/mol. The lowest BCUT2D eigenvalue weighted by atomic mass is 10.1. The maximum Gasteiger partial charge on any atom is 0.254 e. The van der Waals surface area contributed by atoms with E-state index in [0.29, 0.717) is 30.2 Å². The topological polar surface area (TPSA) is 64.8 Å². The third kappa shape index (κ3) is 3.67. The standard InChI is InChI=1S/C22H24N2O4/c1-3-4-9-21-23-17-12-15(10-11-18(17)28-21)22(25)24-13-16(14-24)27-20-8-6-5-7-19(20)26-2/h5-8,10-12,16H,3-4,9,13-14H2,1-2H3. The van der Waals surface area contributed by atoms with Crippen molar-refractivity contribution >= 4 is 17.0 Å². The van der Waals surface area contributed by atoms with Gasteiger partial charge >= 0.3 is 0 Å². The molecule has 3 aromatic rings. The predicted molar refractivity (Wildman–Crippen MR) is 106 cm³/mol. The van der Waals surface area contributed by atoms with Crippen molar-refractivity contribution in [2.45, 2.75) is 32.3 Å². The summed E-state index contributed by atoms with van der Waals surface area (Å²) >= 11 is 0. The van der Waals surface area contributed by atoms with Gasteiger partial charge in [0.15, 0.2) is 23.0 Å². The minimum Gasteiger partial charge on any atom is -0.493 e. The third-order valence-electron chi connectivity index (χ3n) is 4.92. The smallest absolute Gasteiger partial charge is 0.254 e. The zero-order valence-electron chi connectivity index (χ0n) is 16.2. The van der Waals surface area contributed by atoms with Gasteiger partial charge in [-0.3, -0.25) is 4.79 Å². The van der Waals surface area contributed by atoms with Crippen LogP contribution in [0, 0.1) is 0 Å². The number of likely N-dealkylation sites (tertiary alicyclic amines) is 1. The van der Waals surface area contributed by atoms with Gasteiger partial charge in [-0.2, -0.15) is 0 Å². The highest BCUT2D eigenvalue weighted by molar-refractivity contribution is 5.97. The Morgan fingerprint density at radius 1 is 1.21 bits per heavy atom. The summed E-state index contributed by atoms with van der Waals surface area (Å²) in [5, 5.41) is 0. The number of ether oxygens (including phenoxy) is 2. The van der Waals surface area contributed by atoms with Gasteiger partial charge in [0, 0.05) is 12.0 Å². The molecule has 1 aliphatic rings. The maximum atomic E-state index is 12.8. The van der Waals surface area contributed by atoms with Crippen LogP contribution in [-0.2, 0) is 6.42 Å². The normalized spacial score (nSPS) is 14.1. The van der Waals surface area contributed by atoms with E-state index in [1.54, 1.807) is 18.1 Å². The molecule has 0 N–H and O–H groups in total. The first-order valence-electron chi connectivity index (χ1n) is 9.66. The van der Waals surface area contributed by atoms with E-state index in [2.05, 4.69) is 11.9 Å². The molecule has 1 amide bonds. The number of nitrogens with zero attached hydrogens (tertiary/aromatic N) is 2. The van der Waals surface area contributed by atoms with Crippen molar-refractivity contribution in [1.82, 2.24) is 9.88 Å². The monoisotopic (exact) mass is 380 g/mol. The molecule has 1 saturated heterocycles. The molecule has 2 aromatic carbocycles. The van der Waals surface area contributed by atoms with Crippen LogP contribution in [0.25, 0.3) is 11.1 Å². The molecule has 0 unspecified atom stereocenters. The van der Waals surface area contributed by atoms with Gasteiger partial charge in [0.25, 0.3) is 5.91 Å². The van der Waals surface area contributed by atoms with Crippen LogP contribution in [-0.4, -0.2) is 42.1 Å². The van der Waals surface area contributed by atoms with Crippen LogP contribution in [0.4, 0.5) is 0 Å². The number of benzene rings is 2. The molecule has 0 aliphatic carbocycles. The maximum absolute atomic E-state index is 12.8. The van der Waals surface area contributed by atoms with E-state index < -0.39 is 0 Å². The summed E-state index contributed by atoms with van der Waals surface area (Å²) in [5.74, 6) is 2.11. The van der Waals surface area contributed by atoms with Crippen LogP contribution in [0.3, 0.4) is 0 Å². The van der Waals surface area contributed by atoms with Gasteiger partial charge in [-0.1, -0.05) is 25.5 Å². The Bertz CT molecular complexity index is 976. The molecule has 6 nitrogen and oxygen atoms in total. The molecule has 146 valence electrons. The van der Waals surface area contributed by atoms with Crippen LogP contribution in [0.5, 0.6) is 11.5 Å². The lowest BCUT2D eigenvalue weighted by Crippen LogP contribution is -2.56. The quantitative estimate of drug-likeness (QED) is 0.618. The number of hydrogen-bond donors (Lipinski definition) is 0. The van der Waals surface area contributed by atoms with E-state index in [4.69, 9.17) is 13.9 Å². The Balaban J connectivity index is 1.39. The number of carbonyl (C=O) groups is 1. The number of oxazole rings is 1. The van der Waals surface area contributed by atoms with Gasteiger partial charge < -0.3 is 18.8 Å². The van der Waals surface area contributed by atoms with Crippen LogP contribution >= 0.6 is 0 Å². The van der Waals surface area contributed by atoms with Crippen molar-refractivity contribution in [3.8, 4) is 11.5 Å². The van der Waals surface area contributed by atoms with E-state index in [1.807, 2.05) is 36.4 Å². The Kier molecular flexibility index (Phi) is 5.19. The molecule has 6 heteroatoms. The van der Waals surface area contributed by atoms with Gasteiger partial charge in [0.05, 0.1) is 20.2 Å². The molecule has 0 radical (unpaired) electrons. The fraction of sp³-hybridized carbons (Fsp3) is 0.364. The zero-order chi connectivity index (χ0) is 19.5. The van der Waals surface area contributed by atoms with E-state index in [-0.39, 0.29) is 12.0 Å². The average Bonchev–Trinajstić information content (AvgIpc) is 3.10. The predicted octanol–water partition coefficient (Wildman–Crippen LogP) is 4.08. The number of aromatic nitrogens is 1. The fourth-order valence-electron chi connectivity index (χ4n) is 3.30. The van der Waals surface area contributed by atoms with Crippen molar-refractivity contribution in [2.24, 2.45) is 0 Å². The molecular weight excluding hydrogens is 356 g/mol. The van der Waals surface area contributed by atoms with Crippen LogP contribution < -0.4 is 9.47 Å². The van der Waals surface area contributed by atoms with Crippen molar-refractivity contribution in [2.75, 3.05) is 20.2 Å². The third-order valence-corrected chi connectivity index (χ3v) is 4.92. The fourth-order valence-corrected chi connectivity index (χ4v) is 3.30. The lowest BCUT2D eigenvalue weighted by molar-refractivity contribution is 0.0169. The molecule has 1 aliphatic heterocycles. The summed E-state index contributed by atoms with van der Waals surface area (Å²) in [5.41, 5.74) is 2.08. The number of aryl methyl sites for hydroxylation is 1. The summed E-state index contributed by atoms with van der Waals surface area (Å²) in [4.78, 5) is 19.0. The van der Waals surface area contributed by atoms with Crippen LogP contribution in [0.1, 0.15) is 36.0 Å². The number of amides is 1. The minimum absolute atomic E-state index is 0.0140. The summed E-state index contributed by atoms with van der Waals surface area (Å²) < 4.78 is 17.0. The molecule has 28 heavy (non-hydrogen) atoms. The SMILES string of the molecule is CCCCc1nc2cc(C(=O)N3CC(Oc4ccccc4OC)C3)ccc2o1. The van der Waals surface area contributed by atoms with Crippen LogP contribution in [0.2, 0.25) is 0 Å². The highest BCUT2D eigenvalue weighted by atomic mass is 16.5. The molecule has 2 heterocycles. The lowest BCUT2D eigenvalue weighted by Gasteiger charge is -2.39. The summed E-state index contributed by atoms with van der Waals surface area (Å²) in [6, 6.07) is 13.0. The largest absolute Gasteiger partial charge is 0.493 e. The number of carbonyl (C=O) groups excluding carboxylic acids is 1. The minimum atomic E-state index is -0.0309. The number of para-hydroxylation sites is 2. The van der Waals surface area contributed by atoms with Crippen molar-refractivity contribution in [1.29, 1.82) is 0 Å². The Labute approximate surface area is 164 Å². The Morgan fingerprint density at radius 2 is 2.00 bits per heavy atom. The number of rotatable bonds is 7. The van der Waals surface area contributed by atoms with Gasteiger partial charge in [-0.15, -0.1) is 0 Å². The van der Waals surface area contributed by atoms with E-state index in [1.165, 1.54) is 0 Å². The second kappa shape index (κ2) is 7.92. The first kappa shape index (κ1) is 18.3. The zero-order valence-corrected chi connectivity index (χ0v) is 16.2. The second-order valence-corrected chi connectivity index (χ2v) is 6.99. The molecular formula is C22H24N2O4. The molecule has 4 rings (SSSR count). The highest BCUT2D eigenvalue weighted by Gasteiger charge is 2.33. The number of methoxy groups -OCH3 is 1. The number of unbranched alkanes of at least 4 members (excludes halogenated alkanes) is 1. The molecule has 1 fully saturated rings. The van der Waals surface area contributed by atoms with E-state index in [9.17, 15) is 4.79 Å². The number of hydrogen-bond acceptors (Lipinski definition) is 5. The molecule has 1 aromatic heterocycles. The van der Waals surface area contributed by atoms with Gasteiger partial charge in [0.1, 0.15) is 11.6 Å². The summed E-state index contributed by atoms with van der Waals surface area (Å²) in [7, 11) is 1.62. The second-order valence-electron chi connectivity index (χ2n) is 6.99. The summed E-state index contributed by atoms with van der Waals surface area (Å²) in [6.07, 6.45) is 2.93. The molecule has 0 atom stereocenters. The van der Waals surface area contributed by atoms with Crippen molar-refractivity contribution in [3.05, 3.63) is 53.9 Å². The van der Waals surface area contributed by atoms with Crippen molar-refractivity contribution in [3.63, 3.8) is 0 Å². The van der Waals surface area contributed by atoms with E-state index in [0.717, 1.165) is 36.3 Å². The van der Waals surface area contributed by atoms with Crippen LogP contribution in [0.15, 0.2) is 46.9 Å². The van der Waals surface area contributed by atoms with Gasteiger partial charge in [-0.05, 0) is 36.8 Å². The first-order chi connectivity index (χ1) is 13.7. The molecule has 0 spiro atoms. The Morgan fingerprint density at radius 3 is 2.75 bits per heavy atom. The molecule has 0 saturated carbocycles. The molecule has 0 bridgehead atoms. The van der Waals surface area contributed by atoms with Gasteiger partial charge in [-0.25, -0.2) is 4.98 Å². The van der Waals surface area contributed by atoms with Gasteiger partial charge in [0.2, 0.25) is 0 Å². The number of fused-ring (bicyclic) bond motifs is 1. The summed E-state index contributed by atoms with van der Waals surface area (Å²) in [6.45, 7) is 3.24. The van der Waals surface area contributed by atoms with E-state index >= 15 is 0 Å². The van der Waals surface area contributed by atoms with Crippen molar-refractivity contribution < 1.29 is 18.7 Å². The first-order valence-corrected chi connectivity index (χ1v) is 9.66. The highest BCUT2D eigenvalue weighted by Crippen LogP contribution is 2.29.